The molecule has 2 heterocycles. The van der Waals surface area contributed by atoms with E-state index in [1.54, 1.807) is 18.6 Å². The maximum Gasteiger partial charge on any atom is 0.319 e. The summed E-state index contributed by atoms with van der Waals surface area (Å²) in [6.07, 6.45) is 5.62. The van der Waals surface area contributed by atoms with Crippen LogP contribution in [-0.2, 0) is 24.4 Å². The first-order valence-corrected chi connectivity index (χ1v) is 7.22. The molecule has 1 atom stereocenters. The van der Waals surface area contributed by atoms with Crippen molar-refractivity contribution in [2.45, 2.75) is 32.6 Å². The number of rotatable bonds is 4. The molecule has 6 heteroatoms. The SMILES string of the molecule is C[C@H](Cc1cnccn1)NC(=O)Nc1ccc2c(c1)COC2. The van der Waals surface area contributed by atoms with Gasteiger partial charge in [-0.25, -0.2) is 4.79 Å². The van der Waals surface area contributed by atoms with Crippen LogP contribution < -0.4 is 10.6 Å². The fourth-order valence-electron chi connectivity index (χ4n) is 2.44. The molecule has 0 unspecified atom stereocenters. The molecule has 0 bridgehead atoms. The van der Waals surface area contributed by atoms with Crippen LogP contribution in [0.5, 0.6) is 0 Å². The number of carbonyl (C=O) groups excluding carboxylic acids is 1. The lowest BCUT2D eigenvalue weighted by Crippen LogP contribution is -2.37. The fraction of sp³-hybridized carbons (Fsp3) is 0.312. The summed E-state index contributed by atoms with van der Waals surface area (Å²) in [7, 11) is 0. The highest BCUT2D eigenvalue weighted by Gasteiger charge is 2.13. The number of benzene rings is 1. The number of carbonyl (C=O) groups is 1. The van der Waals surface area contributed by atoms with Gasteiger partial charge in [0.15, 0.2) is 0 Å². The van der Waals surface area contributed by atoms with Crippen molar-refractivity contribution in [1.29, 1.82) is 0 Å². The molecule has 0 aliphatic carbocycles. The first kappa shape index (κ1) is 14.5. The summed E-state index contributed by atoms with van der Waals surface area (Å²) in [5.74, 6) is 0. The second-order valence-corrected chi connectivity index (χ2v) is 5.38. The molecule has 0 saturated heterocycles. The summed E-state index contributed by atoms with van der Waals surface area (Å²) in [6.45, 7) is 3.19. The second kappa shape index (κ2) is 6.53. The van der Waals surface area contributed by atoms with Crippen LogP contribution in [0, 0.1) is 0 Å². The number of fused-ring (bicyclic) bond motifs is 1. The van der Waals surface area contributed by atoms with Gasteiger partial charge in [0.05, 0.1) is 18.9 Å². The minimum absolute atomic E-state index is 0.0329. The van der Waals surface area contributed by atoms with Gasteiger partial charge in [-0.1, -0.05) is 6.07 Å². The lowest BCUT2D eigenvalue weighted by molar-refractivity contribution is 0.134. The van der Waals surface area contributed by atoms with E-state index in [1.807, 2.05) is 25.1 Å². The Balaban J connectivity index is 1.54. The Morgan fingerprint density at radius 2 is 2.18 bits per heavy atom. The molecule has 2 amide bonds. The predicted octanol–water partition coefficient (Wildman–Crippen LogP) is 2.26. The fourth-order valence-corrected chi connectivity index (χ4v) is 2.44. The van der Waals surface area contributed by atoms with Crippen LogP contribution in [-0.4, -0.2) is 22.0 Å². The van der Waals surface area contributed by atoms with Crippen LogP contribution in [0.15, 0.2) is 36.8 Å². The van der Waals surface area contributed by atoms with Crippen molar-refractivity contribution in [3.8, 4) is 0 Å². The molecule has 0 saturated carbocycles. The van der Waals surface area contributed by atoms with Gasteiger partial charge in [-0.05, 0) is 30.2 Å². The predicted molar refractivity (Wildman–Crippen MR) is 82.3 cm³/mol. The molecule has 1 aromatic heterocycles. The average molecular weight is 298 g/mol. The molecule has 3 rings (SSSR count). The van der Waals surface area contributed by atoms with Crippen molar-refractivity contribution in [3.63, 3.8) is 0 Å². The van der Waals surface area contributed by atoms with Gasteiger partial charge in [0.1, 0.15) is 0 Å². The Morgan fingerprint density at radius 1 is 1.32 bits per heavy atom. The van der Waals surface area contributed by atoms with Gasteiger partial charge in [-0.2, -0.15) is 0 Å². The van der Waals surface area contributed by atoms with Gasteiger partial charge in [0.25, 0.3) is 0 Å². The minimum Gasteiger partial charge on any atom is -0.372 e. The van der Waals surface area contributed by atoms with Crippen LogP contribution in [0.3, 0.4) is 0 Å². The number of urea groups is 1. The number of nitrogens with one attached hydrogen (secondary N) is 2. The molecule has 1 aliphatic rings. The summed E-state index contributed by atoms with van der Waals surface area (Å²) in [5.41, 5.74) is 3.94. The second-order valence-electron chi connectivity index (χ2n) is 5.38. The number of aromatic nitrogens is 2. The maximum absolute atomic E-state index is 12.0. The van der Waals surface area contributed by atoms with E-state index in [1.165, 1.54) is 5.56 Å². The Kier molecular flexibility index (Phi) is 4.29. The molecule has 114 valence electrons. The molecule has 2 N–H and O–H groups in total. The van der Waals surface area contributed by atoms with Crippen molar-refractivity contribution in [3.05, 3.63) is 53.6 Å². The number of ether oxygens (including phenoxy) is 1. The first-order chi connectivity index (χ1) is 10.7. The summed E-state index contributed by atoms with van der Waals surface area (Å²) >= 11 is 0. The van der Waals surface area contributed by atoms with Crippen molar-refractivity contribution >= 4 is 11.7 Å². The Bertz CT molecular complexity index is 660. The summed E-state index contributed by atoms with van der Waals surface area (Å²) in [5, 5.41) is 5.74. The standard InChI is InChI=1S/C16H18N4O2/c1-11(6-15-8-17-4-5-18-15)19-16(21)20-14-3-2-12-9-22-10-13(12)7-14/h2-5,7-8,11H,6,9-10H2,1H3,(H2,19,20,21)/t11-/m1/s1. The van der Waals surface area contributed by atoms with Crippen LogP contribution in [0.4, 0.5) is 10.5 Å². The highest BCUT2D eigenvalue weighted by atomic mass is 16.5. The third-order valence-corrected chi connectivity index (χ3v) is 3.49. The number of hydrogen-bond donors (Lipinski definition) is 2. The maximum atomic E-state index is 12.0. The van der Waals surface area contributed by atoms with Crippen LogP contribution in [0.1, 0.15) is 23.7 Å². The zero-order valence-electron chi connectivity index (χ0n) is 12.4. The summed E-state index contributed by atoms with van der Waals surface area (Å²) in [6, 6.07) is 5.57. The van der Waals surface area contributed by atoms with Gasteiger partial charge < -0.3 is 15.4 Å². The third-order valence-electron chi connectivity index (χ3n) is 3.49. The molecular formula is C16H18N4O2. The van der Waals surface area contributed by atoms with E-state index in [-0.39, 0.29) is 12.1 Å². The van der Waals surface area contributed by atoms with Gasteiger partial charge in [-0.3, -0.25) is 9.97 Å². The smallest absolute Gasteiger partial charge is 0.319 e. The van der Waals surface area contributed by atoms with Crippen LogP contribution >= 0.6 is 0 Å². The van der Waals surface area contributed by atoms with Crippen molar-refractivity contribution in [2.24, 2.45) is 0 Å². The van der Waals surface area contributed by atoms with E-state index in [9.17, 15) is 4.79 Å². The van der Waals surface area contributed by atoms with Crippen molar-refractivity contribution in [1.82, 2.24) is 15.3 Å². The molecule has 0 spiro atoms. The minimum atomic E-state index is -0.227. The van der Waals surface area contributed by atoms with E-state index in [2.05, 4.69) is 20.6 Å². The van der Waals surface area contributed by atoms with Gasteiger partial charge >= 0.3 is 6.03 Å². The molecule has 0 fully saturated rings. The lowest BCUT2D eigenvalue weighted by atomic mass is 10.1. The molecule has 1 aromatic carbocycles. The number of amides is 2. The number of nitrogens with zero attached hydrogens (tertiary/aromatic N) is 2. The largest absolute Gasteiger partial charge is 0.372 e. The number of hydrogen-bond acceptors (Lipinski definition) is 4. The highest BCUT2D eigenvalue weighted by molar-refractivity contribution is 5.89. The topological polar surface area (TPSA) is 76.1 Å². The normalized spacial score (nSPS) is 14.2. The zero-order valence-corrected chi connectivity index (χ0v) is 12.4. The quantitative estimate of drug-likeness (QED) is 0.907. The van der Waals surface area contributed by atoms with E-state index in [4.69, 9.17) is 4.74 Å². The average Bonchev–Trinajstić information content (AvgIpc) is 2.95. The summed E-state index contributed by atoms with van der Waals surface area (Å²) < 4.78 is 5.36. The van der Waals surface area contributed by atoms with Gasteiger partial charge in [0.2, 0.25) is 0 Å². The van der Waals surface area contributed by atoms with E-state index >= 15 is 0 Å². The third kappa shape index (κ3) is 3.59. The lowest BCUT2D eigenvalue weighted by Gasteiger charge is -2.14. The monoisotopic (exact) mass is 298 g/mol. The van der Waals surface area contributed by atoms with Crippen molar-refractivity contribution < 1.29 is 9.53 Å². The van der Waals surface area contributed by atoms with Gasteiger partial charge in [-0.15, -0.1) is 0 Å². The van der Waals surface area contributed by atoms with Crippen LogP contribution in [0.2, 0.25) is 0 Å². The molecule has 0 radical (unpaired) electrons. The molecular weight excluding hydrogens is 280 g/mol. The zero-order chi connectivity index (χ0) is 15.4. The molecule has 6 nitrogen and oxygen atoms in total. The Labute approximate surface area is 128 Å². The molecule has 22 heavy (non-hydrogen) atoms. The summed E-state index contributed by atoms with van der Waals surface area (Å²) in [4.78, 5) is 20.2. The van der Waals surface area contributed by atoms with Crippen LogP contribution in [0.25, 0.3) is 0 Å². The first-order valence-electron chi connectivity index (χ1n) is 7.22. The van der Waals surface area contributed by atoms with E-state index in [0.29, 0.717) is 19.6 Å². The highest BCUT2D eigenvalue weighted by Crippen LogP contribution is 2.23. The van der Waals surface area contributed by atoms with Crippen molar-refractivity contribution in [2.75, 3.05) is 5.32 Å². The van der Waals surface area contributed by atoms with E-state index < -0.39 is 0 Å². The molecule has 2 aromatic rings. The molecule has 1 aliphatic heterocycles. The van der Waals surface area contributed by atoms with Gasteiger partial charge in [0, 0.05) is 36.7 Å². The number of anilines is 1. The van der Waals surface area contributed by atoms with E-state index in [0.717, 1.165) is 16.9 Å². The Hall–Kier alpha value is -2.47. The Morgan fingerprint density at radius 3 is 3.00 bits per heavy atom.